The fourth-order valence-electron chi connectivity index (χ4n) is 1.80. The van der Waals surface area contributed by atoms with Crippen LogP contribution >= 0.6 is 0 Å². The maximum absolute atomic E-state index is 5.31. The largest absolute Gasteiger partial charge is 0.342 e. The van der Waals surface area contributed by atoms with Gasteiger partial charge in [-0.15, -0.1) is 0 Å². The second-order valence-electron chi connectivity index (χ2n) is 3.88. The zero-order chi connectivity index (χ0) is 12.4. The number of hydrogen-bond acceptors (Lipinski definition) is 5. The Hall–Kier alpha value is -2.47. The molecule has 0 unspecified atom stereocenters. The molecule has 90 valence electrons. The van der Waals surface area contributed by atoms with E-state index in [-0.39, 0.29) is 0 Å². The maximum atomic E-state index is 5.31. The Morgan fingerprint density at radius 1 is 1.17 bits per heavy atom. The lowest BCUT2D eigenvalue weighted by molar-refractivity contribution is 0.916. The minimum absolute atomic E-state index is 0.546. The second-order valence-corrected chi connectivity index (χ2v) is 3.88. The summed E-state index contributed by atoms with van der Waals surface area (Å²) in [6.45, 7) is 0. The number of rotatable bonds is 3. The van der Waals surface area contributed by atoms with Crippen LogP contribution in [0.4, 0.5) is 5.82 Å². The number of aromatic nitrogens is 4. The first-order chi connectivity index (χ1) is 8.85. The van der Waals surface area contributed by atoms with Crippen molar-refractivity contribution in [2.45, 2.75) is 6.42 Å². The average Bonchev–Trinajstić information content (AvgIpc) is 2.81. The third-order valence-corrected chi connectivity index (χ3v) is 2.62. The summed E-state index contributed by atoms with van der Waals surface area (Å²) in [5, 5.41) is 0. The van der Waals surface area contributed by atoms with Crippen molar-refractivity contribution in [1.29, 1.82) is 0 Å². The Morgan fingerprint density at radius 3 is 2.89 bits per heavy atom. The number of nitrogens with one attached hydrogen (secondary N) is 2. The fraction of sp³-hybridized carbons (Fsp3) is 0.0833. The van der Waals surface area contributed by atoms with Crippen LogP contribution < -0.4 is 11.3 Å². The summed E-state index contributed by atoms with van der Waals surface area (Å²) in [4.78, 5) is 16.2. The zero-order valence-corrected chi connectivity index (χ0v) is 9.59. The summed E-state index contributed by atoms with van der Waals surface area (Å²) in [7, 11) is 0. The molecule has 0 aliphatic carbocycles. The van der Waals surface area contributed by atoms with Gasteiger partial charge in [-0.2, -0.15) is 0 Å². The van der Waals surface area contributed by atoms with Gasteiger partial charge in [0.05, 0.1) is 17.5 Å². The minimum atomic E-state index is 0.546. The van der Waals surface area contributed by atoms with E-state index in [0.29, 0.717) is 18.1 Å². The molecule has 0 aliphatic heterocycles. The molecule has 2 aromatic heterocycles. The Balaban J connectivity index is 1.91. The first-order valence-corrected chi connectivity index (χ1v) is 5.57. The number of para-hydroxylation sites is 2. The number of aromatic amines is 1. The highest BCUT2D eigenvalue weighted by atomic mass is 15.3. The van der Waals surface area contributed by atoms with Gasteiger partial charge < -0.3 is 10.4 Å². The van der Waals surface area contributed by atoms with Crippen molar-refractivity contribution in [1.82, 2.24) is 19.9 Å². The zero-order valence-electron chi connectivity index (χ0n) is 9.59. The number of benzene rings is 1. The molecule has 0 atom stereocenters. The van der Waals surface area contributed by atoms with E-state index in [1.807, 2.05) is 24.3 Å². The molecule has 0 radical (unpaired) electrons. The summed E-state index contributed by atoms with van der Waals surface area (Å²) in [6.07, 6.45) is 2.21. The van der Waals surface area contributed by atoms with Crippen LogP contribution in [0.1, 0.15) is 11.6 Å². The summed E-state index contributed by atoms with van der Waals surface area (Å²) in [5.74, 6) is 7.41. The molecule has 2 heterocycles. The molecule has 3 rings (SSSR count). The number of hydrazine groups is 1. The number of H-pyrrole nitrogens is 1. The van der Waals surface area contributed by atoms with Crippen molar-refractivity contribution >= 4 is 16.9 Å². The van der Waals surface area contributed by atoms with Gasteiger partial charge in [-0.3, -0.25) is 0 Å². The number of fused-ring (bicyclic) bond motifs is 1. The quantitative estimate of drug-likeness (QED) is 0.473. The number of nitrogens with two attached hydrogens (primary N) is 1. The molecule has 1 aromatic carbocycles. The van der Waals surface area contributed by atoms with E-state index in [2.05, 4.69) is 25.4 Å². The molecule has 6 heteroatoms. The van der Waals surface area contributed by atoms with Crippen molar-refractivity contribution < 1.29 is 0 Å². The summed E-state index contributed by atoms with van der Waals surface area (Å²) >= 11 is 0. The lowest BCUT2D eigenvalue weighted by atomic mass is 10.3. The lowest BCUT2D eigenvalue weighted by Crippen LogP contribution is -2.10. The standard InChI is InChI=1S/C12H12N6/c13-18-10-5-6-14-11(17-10)7-12-15-8-3-1-2-4-9(8)16-12/h1-6H,7,13H2,(H,15,16)(H,14,17,18). The monoisotopic (exact) mass is 240 g/mol. The highest BCUT2D eigenvalue weighted by Crippen LogP contribution is 2.12. The summed E-state index contributed by atoms with van der Waals surface area (Å²) in [6, 6.07) is 9.60. The smallest absolute Gasteiger partial charge is 0.143 e. The third-order valence-electron chi connectivity index (χ3n) is 2.62. The van der Waals surface area contributed by atoms with Crippen molar-refractivity contribution in [2.24, 2.45) is 5.84 Å². The molecule has 6 nitrogen and oxygen atoms in total. The van der Waals surface area contributed by atoms with E-state index < -0.39 is 0 Å². The average molecular weight is 240 g/mol. The predicted octanol–water partition coefficient (Wildman–Crippen LogP) is 1.23. The molecular formula is C12H12N6. The van der Waals surface area contributed by atoms with E-state index in [1.54, 1.807) is 12.3 Å². The van der Waals surface area contributed by atoms with Gasteiger partial charge in [-0.25, -0.2) is 20.8 Å². The minimum Gasteiger partial charge on any atom is -0.342 e. The molecular weight excluding hydrogens is 228 g/mol. The van der Waals surface area contributed by atoms with E-state index >= 15 is 0 Å². The van der Waals surface area contributed by atoms with E-state index in [4.69, 9.17) is 5.84 Å². The van der Waals surface area contributed by atoms with Crippen LogP contribution in [-0.2, 0) is 6.42 Å². The SMILES string of the molecule is NNc1ccnc(Cc2nc3ccccc3[nH]2)n1. The van der Waals surface area contributed by atoms with Crippen LogP contribution in [0.5, 0.6) is 0 Å². The third kappa shape index (κ3) is 2.01. The topological polar surface area (TPSA) is 92.5 Å². The highest BCUT2D eigenvalue weighted by molar-refractivity contribution is 5.74. The van der Waals surface area contributed by atoms with Crippen LogP contribution in [0.2, 0.25) is 0 Å². The molecule has 3 aromatic rings. The van der Waals surface area contributed by atoms with Gasteiger partial charge in [0.2, 0.25) is 0 Å². The molecule has 0 saturated carbocycles. The number of hydrogen-bond donors (Lipinski definition) is 3. The van der Waals surface area contributed by atoms with E-state index in [9.17, 15) is 0 Å². The van der Waals surface area contributed by atoms with E-state index in [0.717, 1.165) is 16.9 Å². The van der Waals surface area contributed by atoms with Crippen LogP contribution in [-0.4, -0.2) is 19.9 Å². The maximum Gasteiger partial charge on any atom is 0.143 e. The summed E-state index contributed by atoms with van der Waals surface area (Å²) < 4.78 is 0. The molecule has 4 N–H and O–H groups in total. The van der Waals surface area contributed by atoms with Gasteiger partial charge in [0.25, 0.3) is 0 Å². The van der Waals surface area contributed by atoms with Crippen molar-refractivity contribution in [2.75, 3.05) is 5.43 Å². The molecule has 0 fully saturated rings. The van der Waals surface area contributed by atoms with Gasteiger partial charge in [0.1, 0.15) is 17.5 Å². The molecule has 0 spiro atoms. The Labute approximate surface area is 103 Å². The summed E-state index contributed by atoms with van der Waals surface area (Å²) in [5.41, 5.74) is 4.46. The first kappa shape index (κ1) is 10.7. The van der Waals surface area contributed by atoms with Crippen LogP contribution in [0.15, 0.2) is 36.5 Å². The number of nitrogens with zero attached hydrogens (tertiary/aromatic N) is 3. The van der Waals surface area contributed by atoms with Gasteiger partial charge in [0.15, 0.2) is 0 Å². The molecule has 18 heavy (non-hydrogen) atoms. The van der Waals surface area contributed by atoms with E-state index in [1.165, 1.54) is 0 Å². The molecule has 0 amide bonds. The van der Waals surface area contributed by atoms with Crippen molar-refractivity contribution in [3.05, 3.63) is 48.2 Å². The number of anilines is 1. The molecule has 0 bridgehead atoms. The van der Waals surface area contributed by atoms with Gasteiger partial charge in [0, 0.05) is 12.3 Å². The Kier molecular flexibility index (Phi) is 2.62. The second kappa shape index (κ2) is 4.42. The van der Waals surface area contributed by atoms with Crippen LogP contribution in [0.3, 0.4) is 0 Å². The van der Waals surface area contributed by atoms with Gasteiger partial charge >= 0.3 is 0 Å². The van der Waals surface area contributed by atoms with Crippen molar-refractivity contribution in [3.63, 3.8) is 0 Å². The van der Waals surface area contributed by atoms with Gasteiger partial charge in [-0.1, -0.05) is 12.1 Å². The number of nitrogen functional groups attached to an aromatic ring is 1. The first-order valence-electron chi connectivity index (χ1n) is 5.57. The predicted molar refractivity (Wildman–Crippen MR) is 68.7 cm³/mol. The normalized spacial score (nSPS) is 10.7. The molecule has 0 aliphatic rings. The van der Waals surface area contributed by atoms with Gasteiger partial charge in [-0.05, 0) is 12.1 Å². The van der Waals surface area contributed by atoms with Crippen LogP contribution in [0.25, 0.3) is 11.0 Å². The highest BCUT2D eigenvalue weighted by Gasteiger charge is 2.05. The van der Waals surface area contributed by atoms with Crippen LogP contribution in [0, 0.1) is 0 Å². The number of imidazole rings is 1. The fourth-order valence-corrected chi connectivity index (χ4v) is 1.80. The Bertz CT molecular complexity index is 642. The molecule has 0 saturated heterocycles. The van der Waals surface area contributed by atoms with Crippen molar-refractivity contribution in [3.8, 4) is 0 Å². The lowest BCUT2D eigenvalue weighted by Gasteiger charge is -2.00. The Morgan fingerprint density at radius 2 is 2.06 bits per heavy atom.